The van der Waals surface area contributed by atoms with E-state index in [4.69, 9.17) is 4.74 Å². The minimum absolute atomic E-state index is 0.114. The van der Waals surface area contributed by atoms with Gasteiger partial charge in [-0.05, 0) is 36.8 Å². The Balaban J connectivity index is 2.49. The molecule has 98 valence electrons. The van der Waals surface area contributed by atoms with Crippen LogP contribution >= 0.6 is 0 Å². The first-order chi connectivity index (χ1) is 9.13. The van der Waals surface area contributed by atoms with Gasteiger partial charge in [-0.1, -0.05) is 0 Å². The van der Waals surface area contributed by atoms with Gasteiger partial charge in [0.2, 0.25) is 5.95 Å². The van der Waals surface area contributed by atoms with E-state index in [2.05, 4.69) is 9.97 Å². The van der Waals surface area contributed by atoms with E-state index in [1.165, 1.54) is 12.4 Å². The van der Waals surface area contributed by atoms with Gasteiger partial charge in [0.25, 0.3) is 0 Å². The maximum atomic E-state index is 11.4. The first-order valence-corrected chi connectivity index (χ1v) is 5.58. The molecule has 19 heavy (non-hydrogen) atoms. The van der Waals surface area contributed by atoms with Gasteiger partial charge in [-0.3, -0.25) is 0 Å². The number of carboxylic acid groups (broad SMARTS) is 1. The van der Waals surface area contributed by atoms with E-state index in [-0.39, 0.29) is 5.95 Å². The molecule has 1 amide bonds. The Bertz CT molecular complexity index is 587. The van der Waals surface area contributed by atoms with Gasteiger partial charge in [0, 0.05) is 12.4 Å². The van der Waals surface area contributed by atoms with Crippen molar-refractivity contribution in [3.63, 3.8) is 0 Å². The number of amides is 1. The summed E-state index contributed by atoms with van der Waals surface area (Å²) in [6.45, 7) is 1.80. The lowest BCUT2D eigenvalue weighted by Crippen LogP contribution is -2.26. The SMILES string of the molecule is COc1ccc(N(C(=O)O)c2ncccn2)c(C)c1. The Morgan fingerprint density at radius 2 is 2.00 bits per heavy atom. The molecule has 0 saturated heterocycles. The van der Waals surface area contributed by atoms with E-state index in [1.807, 2.05) is 0 Å². The molecule has 1 aromatic carbocycles. The summed E-state index contributed by atoms with van der Waals surface area (Å²) < 4.78 is 5.10. The molecule has 0 aliphatic rings. The van der Waals surface area contributed by atoms with Crippen molar-refractivity contribution < 1.29 is 14.6 Å². The Labute approximate surface area is 110 Å². The lowest BCUT2D eigenvalue weighted by molar-refractivity contribution is 0.204. The molecule has 0 fully saturated rings. The molecular weight excluding hydrogens is 246 g/mol. The third-order valence-electron chi connectivity index (χ3n) is 2.59. The summed E-state index contributed by atoms with van der Waals surface area (Å²) >= 11 is 0. The molecule has 6 heteroatoms. The van der Waals surface area contributed by atoms with Crippen LogP contribution in [0.4, 0.5) is 16.4 Å². The van der Waals surface area contributed by atoms with Gasteiger partial charge in [-0.15, -0.1) is 0 Å². The highest BCUT2D eigenvalue weighted by molar-refractivity contribution is 5.93. The summed E-state index contributed by atoms with van der Waals surface area (Å²) in [5.41, 5.74) is 1.26. The minimum Gasteiger partial charge on any atom is -0.497 e. The van der Waals surface area contributed by atoms with Crippen LogP contribution in [-0.2, 0) is 0 Å². The van der Waals surface area contributed by atoms with Crippen LogP contribution in [0.2, 0.25) is 0 Å². The highest BCUT2D eigenvalue weighted by atomic mass is 16.5. The number of anilines is 2. The van der Waals surface area contributed by atoms with Crippen LogP contribution in [0.3, 0.4) is 0 Å². The lowest BCUT2D eigenvalue weighted by atomic mass is 10.2. The van der Waals surface area contributed by atoms with E-state index in [9.17, 15) is 9.90 Å². The zero-order valence-corrected chi connectivity index (χ0v) is 10.6. The molecule has 1 N–H and O–H groups in total. The predicted octanol–water partition coefficient (Wildman–Crippen LogP) is 2.61. The van der Waals surface area contributed by atoms with Crippen LogP contribution in [0.25, 0.3) is 0 Å². The third-order valence-corrected chi connectivity index (χ3v) is 2.59. The molecule has 0 unspecified atom stereocenters. The van der Waals surface area contributed by atoms with E-state index < -0.39 is 6.09 Å². The first kappa shape index (κ1) is 12.8. The van der Waals surface area contributed by atoms with Crippen LogP contribution < -0.4 is 9.64 Å². The van der Waals surface area contributed by atoms with Crippen LogP contribution in [0.5, 0.6) is 5.75 Å². The third kappa shape index (κ3) is 2.62. The number of hydrogen-bond donors (Lipinski definition) is 1. The summed E-state index contributed by atoms with van der Waals surface area (Å²) in [6.07, 6.45) is 1.85. The Morgan fingerprint density at radius 1 is 1.32 bits per heavy atom. The summed E-state index contributed by atoms with van der Waals surface area (Å²) in [4.78, 5) is 20.4. The highest BCUT2D eigenvalue weighted by Gasteiger charge is 2.21. The molecule has 6 nitrogen and oxygen atoms in total. The highest BCUT2D eigenvalue weighted by Crippen LogP contribution is 2.28. The topological polar surface area (TPSA) is 75.5 Å². The molecule has 1 heterocycles. The lowest BCUT2D eigenvalue weighted by Gasteiger charge is -2.19. The van der Waals surface area contributed by atoms with Crippen LogP contribution in [0, 0.1) is 6.92 Å². The Morgan fingerprint density at radius 3 is 2.53 bits per heavy atom. The van der Waals surface area contributed by atoms with E-state index in [0.717, 1.165) is 10.5 Å². The molecular formula is C13H13N3O3. The van der Waals surface area contributed by atoms with Crippen LogP contribution in [0.1, 0.15) is 5.56 Å². The number of aromatic nitrogens is 2. The second-order valence-electron chi connectivity index (χ2n) is 3.82. The fourth-order valence-electron chi connectivity index (χ4n) is 1.71. The van der Waals surface area contributed by atoms with Gasteiger partial charge in [-0.2, -0.15) is 0 Å². The molecule has 0 bridgehead atoms. The van der Waals surface area contributed by atoms with Crippen molar-refractivity contribution in [3.05, 3.63) is 42.2 Å². The molecule has 2 aromatic rings. The van der Waals surface area contributed by atoms with Gasteiger partial charge in [0.05, 0.1) is 12.8 Å². The smallest absolute Gasteiger partial charge is 0.418 e. The number of benzene rings is 1. The van der Waals surface area contributed by atoms with Crippen molar-refractivity contribution in [2.24, 2.45) is 0 Å². The number of hydrogen-bond acceptors (Lipinski definition) is 4. The van der Waals surface area contributed by atoms with Gasteiger partial charge in [0.15, 0.2) is 0 Å². The van der Waals surface area contributed by atoms with E-state index in [0.29, 0.717) is 11.4 Å². The second kappa shape index (κ2) is 5.34. The number of ether oxygens (including phenoxy) is 1. The zero-order valence-electron chi connectivity index (χ0n) is 10.6. The van der Waals surface area contributed by atoms with Crippen molar-refractivity contribution in [3.8, 4) is 5.75 Å². The summed E-state index contributed by atoms with van der Waals surface area (Å²) in [6, 6.07) is 6.75. The number of methoxy groups -OCH3 is 1. The Hall–Kier alpha value is -2.63. The van der Waals surface area contributed by atoms with Crippen LogP contribution in [-0.4, -0.2) is 28.3 Å². The van der Waals surface area contributed by atoms with Gasteiger partial charge >= 0.3 is 6.09 Å². The van der Waals surface area contributed by atoms with Crippen molar-refractivity contribution in [2.45, 2.75) is 6.92 Å². The fraction of sp³-hybridized carbons (Fsp3) is 0.154. The molecule has 1 aromatic heterocycles. The number of carbonyl (C=O) groups is 1. The molecule has 0 aliphatic heterocycles. The average Bonchev–Trinajstić information content (AvgIpc) is 2.41. The zero-order chi connectivity index (χ0) is 13.8. The largest absolute Gasteiger partial charge is 0.497 e. The molecule has 2 rings (SSSR count). The molecule has 0 spiro atoms. The van der Waals surface area contributed by atoms with Gasteiger partial charge in [0.1, 0.15) is 5.75 Å². The number of aryl methyl sites for hydroxylation is 1. The van der Waals surface area contributed by atoms with Gasteiger partial charge < -0.3 is 9.84 Å². The van der Waals surface area contributed by atoms with Crippen molar-refractivity contribution >= 4 is 17.7 Å². The minimum atomic E-state index is -1.14. The Kier molecular flexibility index (Phi) is 3.61. The van der Waals surface area contributed by atoms with Crippen LogP contribution in [0.15, 0.2) is 36.7 Å². The van der Waals surface area contributed by atoms with Crippen molar-refractivity contribution in [1.82, 2.24) is 9.97 Å². The molecule has 0 radical (unpaired) electrons. The van der Waals surface area contributed by atoms with Gasteiger partial charge in [-0.25, -0.2) is 19.7 Å². The summed E-state index contributed by atoms with van der Waals surface area (Å²) in [7, 11) is 1.56. The maximum Gasteiger partial charge on any atom is 0.418 e. The predicted molar refractivity (Wildman–Crippen MR) is 69.9 cm³/mol. The molecule has 0 aliphatic carbocycles. The first-order valence-electron chi connectivity index (χ1n) is 5.58. The molecule has 0 saturated carbocycles. The fourth-order valence-corrected chi connectivity index (χ4v) is 1.71. The monoisotopic (exact) mass is 259 g/mol. The molecule has 0 atom stereocenters. The number of nitrogens with zero attached hydrogens (tertiary/aromatic N) is 3. The average molecular weight is 259 g/mol. The number of rotatable bonds is 3. The second-order valence-corrected chi connectivity index (χ2v) is 3.82. The summed E-state index contributed by atoms with van der Waals surface area (Å²) in [5.74, 6) is 0.781. The van der Waals surface area contributed by atoms with Crippen molar-refractivity contribution in [2.75, 3.05) is 12.0 Å². The van der Waals surface area contributed by atoms with E-state index >= 15 is 0 Å². The maximum absolute atomic E-state index is 11.4. The summed E-state index contributed by atoms with van der Waals surface area (Å²) in [5, 5.41) is 9.35. The van der Waals surface area contributed by atoms with E-state index in [1.54, 1.807) is 38.3 Å². The normalized spacial score (nSPS) is 10.0. The van der Waals surface area contributed by atoms with Crippen molar-refractivity contribution in [1.29, 1.82) is 0 Å². The standard InChI is InChI=1S/C13H13N3O3/c1-9-8-10(19-2)4-5-11(9)16(13(17)18)12-14-6-3-7-15-12/h3-8H,1-2H3,(H,17,18). The quantitative estimate of drug-likeness (QED) is 0.916.